The Morgan fingerprint density at radius 3 is 2.38 bits per heavy atom. The summed E-state index contributed by atoms with van der Waals surface area (Å²) in [5, 5.41) is 0.388. The first kappa shape index (κ1) is 10.8. The number of benzene rings is 1. The molecule has 0 heterocycles. The van der Waals surface area contributed by atoms with Crippen molar-refractivity contribution in [2.45, 2.75) is 10.8 Å². The Kier molecular flexibility index (Phi) is 3.22. The van der Waals surface area contributed by atoms with Gasteiger partial charge < -0.3 is 0 Å². The standard InChI is InChI=1S/C8H8Cl2O2S/c1-13(11,12)8-3-6(5-9)2-7(10)4-8/h2-4H,5H2,1H3. The molecule has 0 spiro atoms. The van der Waals surface area contributed by atoms with E-state index in [1.54, 1.807) is 6.07 Å². The molecule has 1 rings (SSSR count). The summed E-state index contributed by atoms with van der Waals surface area (Å²) in [4.78, 5) is 0.204. The van der Waals surface area contributed by atoms with Gasteiger partial charge in [0.2, 0.25) is 0 Å². The molecule has 5 heteroatoms. The van der Waals surface area contributed by atoms with Crippen molar-refractivity contribution in [2.75, 3.05) is 6.26 Å². The normalized spacial score (nSPS) is 11.6. The molecule has 1 aromatic rings. The van der Waals surface area contributed by atoms with Crippen molar-refractivity contribution in [3.8, 4) is 0 Å². The first-order valence-electron chi connectivity index (χ1n) is 3.49. The number of rotatable bonds is 2. The second kappa shape index (κ2) is 3.86. The van der Waals surface area contributed by atoms with Gasteiger partial charge in [0.25, 0.3) is 0 Å². The van der Waals surface area contributed by atoms with Crippen molar-refractivity contribution in [3.63, 3.8) is 0 Å². The SMILES string of the molecule is CS(=O)(=O)c1cc(Cl)cc(CCl)c1. The van der Waals surface area contributed by atoms with E-state index in [0.717, 1.165) is 6.26 Å². The van der Waals surface area contributed by atoms with Gasteiger partial charge in [0.05, 0.1) is 4.90 Å². The molecule has 0 aliphatic carbocycles. The Labute approximate surface area is 87.4 Å². The molecule has 0 fully saturated rings. The molecule has 0 N–H and O–H groups in total. The Hall–Kier alpha value is -0.250. The average Bonchev–Trinajstić information content (AvgIpc) is 2.01. The molecule has 0 aromatic heterocycles. The number of alkyl halides is 1. The lowest BCUT2D eigenvalue weighted by Gasteiger charge is -2.01. The zero-order valence-corrected chi connectivity index (χ0v) is 9.25. The number of sulfone groups is 1. The number of hydrogen-bond acceptors (Lipinski definition) is 2. The molecular weight excluding hydrogens is 231 g/mol. The summed E-state index contributed by atoms with van der Waals surface area (Å²) in [6, 6.07) is 4.57. The molecule has 0 saturated heterocycles. The lowest BCUT2D eigenvalue weighted by molar-refractivity contribution is 0.602. The topological polar surface area (TPSA) is 34.1 Å². The summed E-state index contributed by atoms with van der Waals surface area (Å²) >= 11 is 11.3. The van der Waals surface area contributed by atoms with Crippen LogP contribution in [0.15, 0.2) is 23.1 Å². The highest BCUT2D eigenvalue weighted by Gasteiger charge is 2.08. The van der Waals surface area contributed by atoms with Gasteiger partial charge in [-0.25, -0.2) is 8.42 Å². The maximum atomic E-state index is 11.2. The molecule has 13 heavy (non-hydrogen) atoms. The van der Waals surface area contributed by atoms with E-state index in [4.69, 9.17) is 23.2 Å². The molecule has 0 unspecified atom stereocenters. The summed E-state index contributed by atoms with van der Waals surface area (Å²) in [5.74, 6) is 0.253. The molecule has 72 valence electrons. The van der Waals surface area contributed by atoms with Crippen molar-refractivity contribution in [2.24, 2.45) is 0 Å². The van der Waals surface area contributed by atoms with Crippen molar-refractivity contribution < 1.29 is 8.42 Å². The fourth-order valence-corrected chi connectivity index (χ4v) is 2.10. The van der Waals surface area contributed by atoms with E-state index in [9.17, 15) is 8.42 Å². The van der Waals surface area contributed by atoms with Gasteiger partial charge in [-0.3, -0.25) is 0 Å². The lowest BCUT2D eigenvalue weighted by Crippen LogP contribution is -1.97. The van der Waals surface area contributed by atoms with Crippen LogP contribution in [0.25, 0.3) is 0 Å². The minimum atomic E-state index is -3.20. The minimum absolute atomic E-state index is 0.204. The summed E-state index contributed by atoms with van der Waals surface area (Å²) in [6.45, 7) is 0. The van der Waals surface area contributed by atoms with Crippen LogP contribution >= 0.6 is 23.2 Å². The van der Waals surface area contributed by atoms with Gasteiger partial charge in [-0.1, -0.05) is 11.6 Å². The molecule has 0 atom stereocenters. The molecule has 0 amide bonds. The summed E-state index contributed by atoms with van der Waals surface area (Å²) < 4.78 is 22.3. The van der Waals surface area contributed by atoms with Crippen LogP contribution in [0, 0.1) is 0 Å². The van der Waals surface area contributed by atoms with E-state index >= 15 is 0 Å². The van der Waals surface area contributed by atoms with E-state index in [-0.39, 0.29) is 10.8 Å². The molecule has 0 radical (unpaired) electrons. The monoisotopic (exact) mass is 238 g/mol. The highest BCUT2D eigenvalue weighted by Crippen LogP contribution is 2.19. The van der Waals surface area contributed by atoms with Crippen LogP contribution < -0.4 is 0 Å². The van der Waals surface area contributed by atoms with E-state index in [1.165, 1.54) is 12.1 Å². The van der Waals surface area contributed by atoms with Crippen molar-refractivity contribution in [1.29, 1.82) is 0 Å². The third-order valence-electron chi connectivity index (χ3n) is 1.51. The van der Waals surface area contributed by atoms with Gasteiger partial charge in [0.1, 0.15) is 0 Å². The van der Waals surface area contributed by atoms with Crippen LogP contribution in [0.5, 0.6) is 0 Å². The van der Waals surface area contributed by atoms with Crippen LogP contribution in [-0.2, 0) is 15.7 Å². The quantitative estimate of drug-likeness (QED) is 0.743. The summed E-state index contributed by atoms with van der Waals surface area (Å²) in [7, 11) is -3.20. The fourth-order valence-electron chi connectivity index (χ4n) is 0.912. The van der Waals surface area contributed by atoms with Crippen LogP contribution in [0.2, 0.25) is 5.02 Å². The maximum absolute atomic E-state index is 11.2. The Balaban J connectivity index is 3.33. The predicted octanol–water partition coefficient (Wildman–Crippen LogP) is 2.48. The fraction of sp³-hybridized carbons (Fsp3) is 0.250. The van der Waals surface area contributed by atoms with E-state index in [0.29, 0.717) is 10.6 Å². The largest absolute Gasteiger partial charge is 0.224 e. The average molecular weight is 239 g/mol. The highest BCUT2D eigenvalue weighted by atomic mass is 35.5. The van der Waals surface area contributed by atoms with Crippen molar-refractivity contribution in [3.05, 3.63) is 28.8 Å². The molecule has 1 aromatic carbocycles. The molecule has 0 aliphatic heterocycles. The lowest BCUT2D eigenvalue weighted by atomic mass is 10.2. The molecular formula is C8H8Cl2O2S. The van der Waals surface area contributed by atoms with Crippen LogP contribution in [0.3, 0.4) is 0 Å². The maximum Gasteiger partial charge on any atom is 0.175 e. The summed E-state index contributed by atoms with van der Waals surface area (Å²) in [6.07, 6.45) is 1.14. The van der Waals surface area contributed by atoms with E-state index in [1.807, 2.05) is 0 Å². The first-order valence-corrected chi connectivity index (χ1v) is 6.29. The van der Waals surface area contributed by atoms with Gasteiger partial charge in [-0.05, 0) is 23.8 Å². The van der Waals surface area contributed by atoms with Gasteiger partial charge in [-0.2, -0.15) is 0 Å². The second-order valence-electron chi connectivity index (χ2n) is 2.70. The Morgan fingerprint density at radius 2 is 1.92 bits per heavy atom. The third kappa shape index (κ3) is 2.86. The second-order valence-corrected chi connectivity index (χ2v) is 5.42. The third-order valence-corrected chi connectivity index (χ3v) is 3.13. The van der Waals surface area contributed by atoms with Crippen LogP contribution in [0.1, 0.15) is 5.56 Å². The summed E-state index contributed by atoms with van der Waals surface area (Å²) in [5.41, 5.74) is 0.703. The zero-order valence-electron chi connectivity index (χ0n) is 6.92. The van der Waals surface area contributed by atoms with E-state index in [2.05, 4.69) is 0 Å². The first-order chi connectivity index (χ1) is 5.93. The molecule has 0 aliphatic rings. The zero-order chi connectivity index (χ0) is 10.1. The van der Waals surface area contributed by atoms with Gasteiger partial charge >= 0.3 is 0 Å². The Morgan fingerprint density at radius 1 is 1.31 bits per heavy atom. The van der Waals surface area contributed by atoms with Crippen LogP contribution in [0.4, 0.5) is 0 Å². The molecule has 0 saturated carbocycles. The van der Waals surface area contributed by atoms with Gasteiger partial charge in [-0.15, -0.1) is 11.6 Å². The smallest absolute Gasteiger partial charge is 0.175 e. The highest BCUT2D eigenvalue weighted by molar-refractivity contribution is 7.90. The van der Waals surface area contributed by atoms with E-state index < -0.39 is 9.84 Å². The number of hydrogen-bond donors (Lipinski definition) is 0. The molecule has 2 nitrogen and oxygen atoms in total. The van der Waals surface area contributed by atoms with Crippen molar-refractivity contribution >= 4 is 33.0 Å². The van der Waals surface area contributed by atoms with Gasteiger partial charge in [0, 0.05) is 17.2 Å². The molecule has 0 bridgehead atoms. The predicted molar refractivity (Wildman–Crippen MR) is 54.1 cm³/mol. The Bertz CT molecular complexity index is 412. The van der Waals surface area contributed by atoms with Crippen molar-refractivity contribution in [1.82, 2.24) is 0 Å². The van der Waals surface area contributed by atoms with Crippen LogP contribution in [-0.4, -0.2) is 14.7 Å². The number of halogens is 2. The minimum Gasteiger partial charge on any atom is -0.224 e. The van der Waals surface area contributed by atoms with Gasteiger partial charge in [0.15, 0.2) is 9.84 Å².